The number of aromatic nitrogens is 3. The van der Waals surface area contributed by atoms with Gasteiger partial charge in [-0.2, -0.15) is 4.98 Å². The fourth-order valence-electron chi connectivity index (χ4n) is 3.32. The van der Waals surface area contributed by atoms with E-state index in [1.165, 1.54) is 13.0 Å². The molecule has 3 N–H and O–H groups in total. The minimum atomic E-state index is -0.517. The van der Waals surface area contributed by atoms with Gasteiger partial charge in [0.25, 0.3) is 0 Å². The van der Waals surface area contributed by atoms with Crippen LogP contribution in [0.4, 0.5) is 20.8 Å². The van der Waals surface area contributed by atoms with Crippen LogP contribution in [0.15, 0.2) is 24.4 Å². The first-order valence-electron chi connectivity index (χ1n) is 10.7. The molecule has 8 nitrogen and oxygen atoms in total. The van der Waals surface area contributed by atoms with Crippen molar-refractivity contribution in [3.63, 3.8) is 0 Å². The van der Waals surface area contributed by atoms with Crippen molar-refractivity contribution in [2.45, 2.75) is 48.0 Å². The summed E-state index contributed by atoms with van der Waals surface area (Å²) in [7, 11) is 0. The number of halogens is 1. The van der Waals surface area contributed by atoms with Crippen LogP contribution in [0.2, 0.25) is 0 Å². The van der Waals surface area contributed by atoms with Crippen LogP contribution >= 0.6 is 0 Å². The molecule has 0 aliphatic carbocycles. The second-order valence-electron chi connectivity index (χ2n) is 9.25. The van der Waals surface area contributed by atoms with E-state index in [1.807, 2.05) is 13.0 Å². The lowest BCUT2D eigenvalue weighted by Gasteiger charge is -2.18. The Balaban J connectivity index is 1.90. The van der Waals surface area contributed by atoms with Crippen molar-refractivity contribution >= 4 is 34.6 Å². The van der Waals surface area contributed by atoms with Crippen molar-refractivity contribution < 1.29 is 14.0 Å². The molecule has 0 atom stereocenters. The summed E-state index contributed by atoms with van der Waals surface area (Å²) in [6, 6.07) is 4.40. The van der Waals surface area contributed by atoms with Crippen LogP contribution in [0.1, 0.15) is 45.4 Å². The van der Waals surface area contributed by atoms with Gasteiger partial charge in [0.05, 0.1) is 5.69 Å². The average molecular weight is 453 g/mol. The van der Waals surface area contributed by atoms with Gasteiger partial charge in [0.15, 0.2) is 5.65 Å². The van der Waals surface area contributed by atoms with E-state index in [1.54, 1.807) is 19.2 Å². The molecule has 3 aromatic rings. The zero-order valence-electron chi connectivity index (χ0n) is 19.8. The molecule has 33 heavy (non-hydrogen) atoms. The Morgan fingerprint density at radius 2 is 1.76 bits per heavy atom. The lowest BCUT2D eigenvalue weighted by molar-refractivity contribution is -0.114. The highest BCUT2D eigenvalue weighted by Crippen LogP contribution is 2.32. The summed E-state index contributed by atoms with van der Waals surface area (Å²) in [4.78, 5) is 36.5. The normalized spacial score (nSPS) is 11.4. The van der Waals surface area contributed by atoms with Crippen molar-refractivity contribution in [1.29, 1.82) is 0 Å². The molecule has 0 fully saturated rings. The van der Waals surface area contributed by atoms with Gasteiger partial charge in [0.2, 0.25) is 11.9 Å². The maximum Gasteiger partial charge on any atom is 0.319 e. The molecule has 2 heterocycles. The van der Waals surface area contributed by atoms with Crippen LogP contribution in [-0.2, 0) is 4.79 Å². The summed E-state index contributed by atoms with van der Waals surface area (Å²) in [5.74, 6) is -0.611. The van der Waals surface area contributed by atoms with Gasteiger partial charge in [0, 0.05) is 36.3 Å². The maximum absolute atomic E-state index is 14.6. The van der Waals surface area contributed by atoms with Crippen molar-refractivity contribution in [1.82, 2.24) is 20.3 Å². The van der Waals surface area contributed by atoms with Gasteiger partial charge in [-0.3, -0.25) is 10.1 Å². The van der Waals surface area contributed by atoms with Gasteiger partial charge in [-0.05, 0) is 55.0 Å². The number of anilines is 2. The number of hydrogen-bond acceptors (Lipinski definition) is 5. The molecule has 9 heteroatoms. The molecule has 0 saturated heterocycles. The molecule has 3 rings (SSSR count). The number of aryl methyl sites for hydroxylation is 2. The van der Waals surface area contributed by atoms with Crippen LogP contribution in [-0.4, -0.2) is 33.4 Å². The third kappa shape index (κ3) is 6.21. The molecule has 1 aromatic carbocycles. The number of benzene rings is 1. The van der Waals surface area contributed by atoms with Gasteiger partial charge in [-0.15, -0.1) is 0 Å². The van der Waals surface area contributed by atoms with E-state index in [0.717, 1.165) is 17.5 Å². The smallest absolute Gasteiger partial charge is 0.319 e. The first-order valence-corrected chi connectivity index (χ1v) is 10.7. The van der Waals surface area contributed by atoms with Gasteiger partial charge in [0.1, 0.15) is 5.82 Å². The van der Waals surface area contributed by atoms with E-state index in [2.05, 4.69) is 51.7 Å². The zero-order valence-corrected chi connectivity index (χ0v) is 19.8. The zero-order chi connectivity index (χ0) is 24.3. The first kappa shape index (κ1) is 24.0. The van der Waals surface area contributed by atoms with E-state index >= 15 is 0 Å². The quantitative estimate of drug-likeness (QED) is 0.507. The van der Waals surface area contributed by atoms with Crippen LogP contribution in [0, 0.1) is 25.1 Å². The van der Waals surface area contributed by atoms with Crippen LogP contribution in [0.25, 0.3) is 22.2 Å². The van der Waals surface area contributed by atoms with E-state index in [9.17, 15) is 14.0 Å². The lowest BCUT2D eigenvalue weighted by atomic mass is 9.92. The van der Waals surface area contributed by atoms with Gasteiger partial charge in [-0.25, -0.2) is 19.2 Å². The van der Waals surface area contributed by atoms with Crippen molar-refractivity contribution in [3.8, 4) is 11.1 Å². The number of fused-ring (bicyclic) bond motifs is 1. The predicted octanol–water partition coefficient (Wildman–Crippen LogP) is 4.96. The van der Waals surface area contributed by atoms with Gasteiger partial charge < -0.3 is 10.6 Å². The third-order valence-corrected chi connectivity index (χ3v) is 5.06. The predicted molar refractivity (Wildman–Crippen MR) is 128 cm³/mol. The van der Waals surface area contributed by atoms with E-state index < -0.39 is 11.8 Å². The summed E-state index contributed by atoms with van der Waals surface area (Å²) >= 11 is 0. The van der Waals surface area contributed by atoms with Crippen LogP contribution < -0.4 is 16.0 Å². The summed E-state index contributed by atoms with van der Waals surface area (Å²) in [5.41, 5.74) is 3.48. The molecular weight excluding hydrogens is 423 g/mol. The van der Waals surface area contributed by atoms with Gasteiger partial charge in [-0.1, -0.05) is 20.8 Å². The monoisotopic (exact) mass is 452 g/mol. The van der Waals surface area contributed by atoms with E-state index in [0.29, 0.717) is 28.8 Å². The van der Waals surface area contributed by atoms with Crippen LogP contribution in [0.5, 0.6) is 0 Å². The molecule has 2 aromatic heterocycles. The summed E-state index contributed by atoms with van der Waals surface area (Å²) in [5, 5.41) is 8.58. The average Bonchev–Trinajstić information content (AvgIpc) is 2.68. The molecule has 174 valence electrons. The maximum atomic E-state index is 14.6. The van der Waals surface area contributed by atoms with E-state index in [4.69, 9.17) is 0 Å². The number of carbonyl (C=O) groups excluding carboxylic acids is 2. The molecular formula is C24H29FN6O2. The van der Waals surface area contributed by atoms with Gasteiger partial charge >= 0.3 is 6.03 Å². The second kappa shape index (κ2) is 9.48. The molecule has 0 spiro atoms. The number of rotatable bonds is 5. The first-order chi connectivity index (χ1) is 15.4. The Bertz CT molecular complexity index is 1220. The Labute approximate surface area is 192 Å². The molecule has 0 unspecified atom stereocenters. The fourth-order valence-corrected chi connectivity index (χ4v) is 3.32. The summed E-state index contributed by atoms with van der Waals surface area (Å²) in [6.07, 6.45) is 2.37. The molecule has 0 radical (unpaired) electrons. The van der Waals surface area contributed by atoms with Crippen molar-refractivity contribution in [3.05, 3.63) is 41.5 Å². The molecule has 0 bridgehead atoms. The lowest BCUT2D eigenvalue weighted by Crippen LogP contribution is -2.31. The second-order valence-corrected chi connectivity index (χ2v) is 9.25. The topological polar surface area (TPSA) is 109 Å². The molecule has 0 aliphatic heterocycles. The Kier molecular flexibility index (Phi) is 6.90. The van der Waals surface area contributed by atoms with Crippen molar-refractivity contribution in [2.75, 3.05) is 17.2 Å². The number of hydrogen-bond donors (Lipinski definition) is 3. The largest absolute Gasteiger partial charge is 0.338 e. The standard InChI is InChI=1S/C24H29FN6O2/c1-13-9-19(25)20(30-23(33)26-8-7-24(4,5)6)11-17(13)18-10-16-12-27-22(29-15(3)32)31-21(16)28-14(18)2/h9-12H,7-8H2,1-6H3,(H2,26,30,33)(H,27,28,29,31,32). The molecule has 0 saturated carbocycles. The number of amides is 3. The highest BCUT2D eigenvalue weighted by molar-refractivity contribution is 5.92. The number of carbonyl (C=O) groups is 2. The Hall–Kier alpha value is -3.62. The molecule has 0 aliphatic rings. The fraction of sp³-hybridized carbons (Fsp3) is 0.375. The summed E-state index contributed by atoms with van der Waals surface area (Å²) in [6.45, 7) is 11.8. The Morgan fingerprint density at radius 1 is 1.03 bits per heavy atom. The van der Waals surface area contributed by atoms with Crippen LogP contribution in [0.3, 0.4) is 0 Å². The highest BCUT2D eigenvalue weighted by Gasteiger charge is 2.16. The Morgan fingerprint density at radius 3 is 2.42 bits per heavy atom. The highest BCUT2D eigenvalue weighted by atomic mass is 19.1. The van der Waals surface area contributed by atoms with Crippen molar-refractivity contribution in [2.24, 2.45) is 5.41 Å². The summed E-state index contributed by atoms with van der Waals surface area (Å²) < 4.78 is 14.6. The number of urea groups is 1. The number of pyridine rings is 1. The minimum absolute atomic E-state index is 0.0839. The number of nitrogens with zero attached hydrogens (tertiary/aromatic N) is 3. The SMILES string of the molecule is CC(=O)Nc1ncc2cc(-c3cc(NC(=O)NCCC(C)(C)C)c(F)cc3C)c(C)nc2n1. The third-order valence-electron chi connectivity index (χ3n) is 5.06. The molecule has 3 amide bonds. The minimum Gasteiger partial charge on any atom is -0.338 e. The number of nitrogens with one attached hydrogen (secondary N) is 3. The van der Waals surface area contributed by atoms with E-state index in [-0.39, 0.29) is 23.0 Å².